The highest BCUT2D eigenvalue weighted by Crippen LogP contribution is 2.46. The standard InChI is InChI=1S/C25H22Cl2N2O4S/c1-32-20-10-7-15(11-21(20)33-2)23-13-25(31)29(19-5-3-4-6-22(19)34-23)14-24(30)28-16-8-9-17(26)18(27)12-16/h3-12,23H,13-14H2,1-2H3,(H,28,30). The third kappa shape index (κ3) is 5.27. The Morgan fingerprint density at radius 3 is 2.53 bits per heavy atom. The molecule has 0 aliphatic carbocycles. The lowest BCUT2D eigenvalue weighted by Gasteiger charge is -2.22. The van der Waals surface area contributed by atoms with Gasteiger partial charge in [-0.1, -0.05) is 41.4 Å². The molecule has 9 heteroatoms. The van der Waals surface area contributed by atoms with Crippen molar-refractivity contribution < 1.29 is 19.1 Å². The molecule has 6 nitrogen and oxygen atoms in total. The van der Waals surface area contributed by atoms with Crippen LogP contribution < -0.4 is 19.7 Å². The zero-order chi connectivity index (χ0) is 24.2. The molecule has 2 amide bonds. The van der Waals surface area contributed by atoms with Gasteiger partial charge >= 0.3 is 0 Å². The highest BCUT2D eigenvalue weighted by molar-refractivity contribution is 7.99. The molecule has 0 saturated heterocycles. The molecule has 0 saturated carbocycles. The van der Waals surface area contributed by atoms with Crippen LogP contribution in [0.15, 0.2) is 65.6 Å². The molecule has 0 bridgehead atoms. The number of thioether (sulfide) groups is 1. The highest BCUT2D eigenvalue weighted by Gasteiger charge is 2.31. The van der Waals surface area contributed by atoms with Crippen LogP contribution >= 0.6 is 35.0 Å². The normalized spacial score (nSPS) is 15.4. The van der Waals surface area contributed by atoms with E-state index < -0.39 is 0 Å². The average Bonchev–Trinajstić information content (AvgIpc) is 2.97. The van der Waals surface area contributed by atoms with Gasteiger partial charge in [0.05, 0.1) is 30.0 Å². The summed E-state index contributed by atoms with van der Waals surface area (Å²) < 4.78 is 10.8. The summed E-state index contributed by atoms with van der Waals surface area (Å²) in [6, 6.07) is 18.1. The SMILES string of the molecule is COc1ccc(C2CC(=O)N(CC(=O)Nc3ccc(Cl)c(Cl)c3)c3ccccc3S2)cc1OC. The van der Waals surface area contributed by atoms with E-state index in [9.17, 15) is 9.59 Å². The van der Waals surface area contributed by atoms with Gasteiger partial charge < -0.3 is 19.7 Å². The minimum atomic E-state index is -0.337. The molecule has 1 aliphatic rings. The van der Waals surface area contributed by atoms with E-state index in [0.717, 1.165) is 10.5 Å². The molecule has 1 aliphatic heterocycles. The molecule has 1 atom stereocenters. The molecule has 0 aromatic heterocycles. The fourth-order valence-corrected chi connectivity index (χ4v) is 5.28. The number of nitrogens with zero attached hydrogens (tertiary/aromatic N) is 1. The van der Waals surface area contributed by atoms with Crippen molar-refractivity contribution >= 4 is 58.2 Å². The number of halogens is 2. The van der Waals surface area contributed by atoms with Gasteiger partial charge in [-0.25, -0.2) is 0 Å². The summed E-state index contributed by atoms with van der Waals surface area (Å²) in [7, 11) is 3.16. The van der Waals surface area contributed by atoms with Gasteiger partial charge in [0.15, 0.2) is 11.5 Å². The van der Waals surface area contributed by atoms with E-state index in [1.165, 1.54) is 4.90 Å². The van der Waals surface area contributed by atoms with Crippen LogP contribution in [0.5, 0.6) is 11.5 Å². The number of anilines is 2. The number of methoxy groups -OCH3 is 2. The van der Waals surface area contributed by atoms with Crippen LogP contribution in [-0.2, 0) is 9.59 Å². The molecule has 4 rings (SSSR count). The van der Waals surface area contributed by atoms with Gasteiger partial charge in [-0.15, -0.1) is 11.8 Å². The quantitative estimate of drug-likeness (QED) is 0.421. The second kappa shape index (κ2) is 10.6. The monoisotopic (exact) mass is 516 g/mol. The molecule has 34 heavy (non-hydrogen) atoms. The van der Waals surface area contributed by atoms with Crippen LogP contribution in [0.3, 0.4) is 0 Å². The van der Waals surface area contributed by atoms with E-state index in [4.69, 9.17) is 32.7 Å². The first kappa shape index (κ1) is 24.3. The van der Waals surface area contributed by atoms with Crippen LogP contribution in [0.25, 0.3) is 0 Å². The molecule has 0 fully saturated rings. The van der Waals surface area contributed by atoms with Gasteiger partial charge in [0.2, 0.25) is 11.8 Å². The molecule has 1 heterocycles. The van der Waals surface area contributed by atoms with Gasteiger partial charge in [-0.05, 0) is 48.0 Å². The number of nitrogens with one attached hydrogen (secondary N) is 1. The van der Waals surface area contributed by atoms with Crippen molar-refractivity contribution in [1.82, 2.24) is 0 Å². The van der Waals surface area contributed by atoms with E-state index in [0.29, 0.717) is 32.9 Å². The second-order valence-electron chi connectivity index (χ2n) is 7.55. The van der Waals surface area contributed by atoms with Gasteiger partial charge in [0.1, 0.15) is 6.54 Å². The summed E-state index contributed by atoms with van der Waals surface area (Å²) in [5.41, 5.74) is 2.14. The minimum Gasteiger partial charge on any atom is -0.493 e. The lowest BCUT2D eigenvalue weighted by atomic mass is 10.1. The first-order chi connectivity index (χ1) is 16.4. The summed E-state index contributed by atoms with van der Waals surface area (Å²) in [5.74, 6) is 0.735. The molecular formula is C25H22Cl2N2O4S. The lowest BCUT2D eigenvalue weighted by Crippen LogP contribution is -2.38. The molecular weight excluding hydrogens is 495 g/mol. The first-order valence-corrected chi connectivity index (χ1v) is 12.1. The molecule has 1 N–H and O–H groups in total. The summed E-state index contributed by atoms with van der Waals surface area (Å²) in [6.07, 6.45) is 0.217. The van der Waals surface area contributed by atoms with Gasteiger partial charge in [-0.3, -0.25) is 9.59 Å². The number of rotatable bonds is 6. The van der Waals surface area contributed by atoms with Crippen LogP contribution in [0.4, 0.5) is 11.4 Å². The van der Waals surface area contributed by atoms with Crippen molar-refractivity contribution in [1.29, 1.82) is 0 Å². The maximum atomic E-state index is 13.4. The van der Waals surface area contributed by atoms with Crippen molar-refractivity contribution in [2.24, 2.45) is 0 Å². The molecule has 3 aromatic carbocycles. The van der Waals surface area contributed by atoms with Crippen LogP contribution in [0.2, 0.25) is 10.0 Å². The van der Waals surface area contributed by atoms with Crippen molar-refractivity contribution in [3.05, 3.63) is 76.3 Å². The summed E-state index contributed by atoms with van der Waals surface area (Å²) >= 11 is 13.6. The third-order valence-corrected chi connectivity index (χ3v) is 7.43. The Balaban J connectivity index is 1.59. The lowest BCUT2D eigenvalue weighted by molar-refractivity contribution is -0.121. The number of hydrogen-bond donors (Lipinski definition) is 1. The molecule has 0 radical (unpaired) electrons. The number of fused-ring (bicyclic) bond motifs is 1. The van der Waals surface area contributed by atoms with Gasteiger partial charge in [0, 0.05) is 22.3 Å². The largest absolute Gasteiger partial charge is 0.493 e. The average molecular weight is 517 g/mol. The summed E-state index contributed by atoms with van der Waals surface area (Å²) in [4.78, 5) is 28.6. The number of carbonyl (C=O) groups is 2. The fourth-order valence-electron chi connectivity index (χ4n) is 3.71. The number of hydrogen-bond acceptors (Lipinski definition) is 5. The number of amides is 2. The Hall–Kier alpha value is -2.87. The third-order valence-electron chi connectivity index (χ3n) is 5.37. The summed E-state index contributed by atoms with van der Waals surface area (Å²) in [6.45, 7) is -0.130. The van der Waals surface area contributed by atoms with E-state index in [1.807, 2.05) is 42.5 Å². The van der Waals surface area contributed by atoms with Crippen molar-refractivity contribution in [2.75, 3.05) is 31.0 Å². The zero-order valence-electron chi connectivity index (χ0n) is 18.5. The molecule has 1 unspecified atom stereocenters. The number of benzene rings is 3. The number of para-hydroxylation sites is 1. The van der Waals surface area contributed by atoms with Gasteiger partial charge in [0.25, 0.3) is 0 Å². The van der Waals surface area contributed by atoms with Gasteiger partial charge in [-0.2, -0.15) is 0 Å². The van der Waals surface area contributed by atoms with E-state index in [-0.39, 0.29) is 30.0 Å². The Morgan fingerprint density at radius 2 is 1.79 bits per heavy atom. The molecule has 3 aromatic rings. The Labute approximate surface area is 212 Å². The zero-order valence-corrected chi connectivity index (χ0v) is 20.8. The Kier molecular flexibility index (Phi) is 7.56. The van der Waals surface area contributed by atoms with E-state index in [1.54, 1.807) is 44.2 Å². The van der Waals surface area contributed by atoms with Crippen molar-refractivity contribution in [3.8, 4) is 11.5 Å². The molecule has 176 valence electrons. The van der Waals surface area contributed by atoms with E-state index in [2.05, 4.69) is 5.32 Å². The topological polar surface area (TPSA) is 67.9 Å². The second-order valence-corrected chi connectivity index (χ2v) is 9.61. The Morgan fingerprint density at radius 1 is 1.03 bits per heavy atom. The maximum absolute atomic E-state index is 13.4. The van der Waals surface area contributed by atoms with Crippen molar-refractivity contribution in [3.63, 3.8) is 0 Å². The van der Waals surface area contributed by atoms with Crippen LogP contribution in [0, 0.1) is 0 Å². The predicted molar refractivity (Wildman–Crippen MR) is 137 cm³/mol. The minimum absolute atomic E-state index is 0.130. The fraction of sp³-hybridized carbons (Fsp3) is 0.200. The predicted octanol–water partition coefficient (Wildman–Crippen LogP) is 6.22. The first-order valence-electron chi connectivity index (χ1n) is 10.4. The van der Waals surface area contributed by atoms with Crippen LogP contribution in [-0.4, -0.2) is 32.6 Å². The number of ether oxygens (including phenoxy) is 2. The van der Waals surface area contributed by atoms with Crippen LogP contribution in [0.1, 0.15) is 17.2 Å². The Bertz CT molecular complexity index is 1240. The number of carbonyl (C=O) groups excluding carboxylic acids is 2. The smallest absolute Gasteiger partial charge is 0.244 e. The summed E-state index contributed by atoms with van der Waals surface area (Å²) in [5, 5.41) is 3.37. The highest BCUT2D eigenvalue weighted by atomic mass is 35.5. The van der Waals surface area contributed by atoms with E-state index >= 15 is 0 Å². The molecule has 0 spiro atoms. The maximum Gasteiger partial charge on any atom is 0.244 e. The van der Waals surface area contributed by atoms with Crippen molar-refractivity contribution in [2.45, 2.75) is 16.6 Å².